The third-order valence-electron chi connectivity index (χ3n) is 1.28. The predicted octanol–water partition coefficient (Wildman–Crippen LogP) is 1.29. The Kier molecular flexibility index (Phi) is 3.65. The molecule has 0 spiro atoms. The molecule has 3 heteroatoms. The summed E-state index contributed by atoms with van der Waals surface area (Å²) in [6, 6.07) is 0. The van der Waals surface area contributed by atoms with Gasteiger partial charge in [-0.3, -0.25) is 4.99 Å². The fourth-order valence-corrected chi connectivity index (χ4v) is 1.67. The number of amidine groups is 1. The minimum absolute atomic E-state index is 0.951. The number of thioether (sulfide) groups is 1. The molecule has 57 valence electrons. The number of hydrogen-bond acceptors (Lipinski definition) is 3. The summed E-state index contributed by atoms with van der Waals surface area (Å²) in [4.78, 5) is 4.26. The molecule has 0 amide bonds. The first-order valence-electron chi connectivity index (χ1n) is 3.64. The van der Waals surface area contributed by atoms with E-state index in [0.717, 1.165) is 30.4 Å². The summed E-state index contributed by atoms with van der Waals surface area (Å²) in [5.41, 5.74) is 0. The smallest absolute Gasteiger partial charge is 0.156 e. The van der Waals surface area contributed by atoms with Crippen molar-refractivity contribution >= 4 is 16.9 Å². The van der Waals surface area contributed by atoms with Crippen molar-refractivity contribution in [2.75, 3.05) is 18.8 Å². The Bertz CT molecular complexity index is 123. The van der Waals surface area contributed by atoms with Crippen LogP contribution in [0.1, 0.15) is 12.8 Å². The maximum Gasteiger partial charge on any atom is 0.156 e. The molecule has 0 aliphatic carbocycles. The Balaban J connectivity index is 2.01. The zero-order valence-electron chi connectivity index (χ0n) is 6.10. The monoisotopic (exact) mass is 157 g/mol. The molecular weight excluding hydrogens is 144 g/mol. The van der Waals surface area contributed by atoms with Crippen LogP contribution in [0.15, 0.2) is 4.99 Å². The largest absolute Gasteiger partial charge is 0.363 e. The molecule has 1 aliphatic heterocycles. The van der Waals surface area contributed by atoms with Crippen molar-refractivity contribution in [2.45, 2.75) is 12.8 Å². The molecule has 1 N–H and O–H groups in total. The number of aliphatic imine (C=N–C) groups is 1. The van der Waals surface area contributed by atoms with Crippen molar-refractivity contribution in [3.63, 3.8) is 0 Å². The topological polar surface area (TPSA) is 24.4 Å². The van der Waals surface area contributed by atoms with E-state index in [1.165, 1.54) is 6.42 Å². The lowest BCUT2D eigenvalue weighted by molar-refractivity contribution is 0.961. The molecule has 0 aromatic rings. The van der Waals surface area contributed by atoms with E-state index < -0.39 is 0 Å². The standard InChI is InChI=1S/C7H13N2S/c1-2-3-6-10-7-8-4-5-9-7/h1-6H2,(H,8,9). The molecule has 0 aromatic heterocycles. The summed E-state index contributed by atoms with van der Waals surface area (Å²) < 4.78 is 0. The second kappa shape index (κ2) is 4.61. The van der Waals surface area contributed by atoms with Gasteiger partial charge in [-0.05, 0) is 6.42 Å². The van der Waals surface area contributed by atoms with Crippen LogP contribution in [0.3, 0.4) is 0 Å². The molecule has 0 atom stereocenters. The first kappa shape index (κ1) is 7.92. The van der Waals surface area contributed by atoms with Crippen molar-refractivity contribution in [1.29, 1.82) is 0 Å². The van der Waals surface area contributed by atoms with Crippen LogP contribution in [0, 0.1) is 6.92 Å². The molecule has 0 saturated heterocycles. The number of nitrogens with zero attached hydrogens (tertiary/aromatic N) is 1. The zero-order chi connectivity index (χ0) is 7.23. The highest BCUT2D eigenvalue weighted by molar-refractivity contribution is 8.13. The van der Waals surface area contributed by atoms with Crippen LogP contribution in [0.25, 0.3) is 0 Å². The fraction of sp³-hybridized carbons (Fsp3) is 0.714. The Hall–Kier alpha value is -0.180. The molecule has 1 heterocycles. The van der Waals surface area contributed by atoms with Gasteiger partial charge in [-0.15, -0.1) is 0 Å². The highest BCUT2D eigenvalue weighted by Gasteiger charge is 2.03. The van der Waals surface area contributed by atoms with Gasteiger partial charge < -0.3 is 5.32 Å². The van der Waals surface area contributed by atoms with E-state index in [0.29, 0.717) is 0 Å². The summed E-state index contributed by atoms with van der Waals surface area (Å²) in [5.74, 6) is 1.15. The molecule has 10 heavy (non-hydrogen) atoms. The number of unbranched alkanes of at least 4 members (excludes halogenated alkanes) is 1. The first-order valence-corrected chi connectivity index (χ1v) is 4.62. The average molecular weight is 157 g/mol. The maximum atomic E-state index is 4.26. The molecule has 1 radical (unpaired) electrons. The summed E-state index contributed by atoms with van der Waals surface area (Å²) in [6.07, 6.45) is 2.21. The van der Waals surface area contributed by atoms with E-state index >= 15 is 0 Å². The van der Waals surface area contributed by atoms with Crippen LogP contribution in [0.4, 0.5) is 0 Å². The van der Waals surface area contributed by atoms with Crippen LogP contribution in [-0.4, -0.2) is 24.0 Å². The predicted molar refractivity (Wildman–Crippen MR) is 47.4 cm³/mol. The molecule has 0 fully saturated rings. The Morgan fingerprint density at radius 1 is 1.70 bits per heavy atom. The second-order valence-electron chi connectivity index (χ2n) is 2.17. The second-order valence-corrected chi connectivity index (χ2v) is 3.25. The van der Waals surface area contributed by atoms with Gasteiger partial charge in [0.2, 0.25) is 0 Å². The number of hydrogen-bond donors (Lipinski definition) is 1. The highest BCUT2D eigenvalue weighted by atomic mass is 32.2. The van der Waals surface area contributed by atoms with Crippen molar-refractivity contribution < 1.29 is 0 Å². The minimum Gasteiger partial charge on any atom is -0.363 e. The average Bonchev–Trinajstić information content (AvgIpc) is 2.41. The summed E-state index contributed by atoms with van der Waals surface area (Å²) in [6.45, 7) is 5.75. The van der Waals surface area contributed by atoms with Gasteiger partial charge in [0.25, 0.3) is 0 Å². The Morgan fingerprint density at radius 2 is 2.60 bits per heavy atom. The van der Waals surface area contributed by atoms with E-state index in [4.69, 9.17) is 0 Å². The Labute approximate surface area is 66.5 Å². The van der Waals surface area contributed by atoms with E-state index in [-0.39, 0.29) is 0 Å². The quantitative estimate of drug-likeness (QED) is 0.624. The molecule has 1 aliphatic rings. The van der Waals surface area contributed by atoms with Gasteiger partial charge in [-0.2, -0.15) is 0 Å². The zero-order valence-corrected chi connectivity index (χ0v) is 6.91. The van der Waals surface area contributed by atoms with Gasteiger partial charge in [0, 0.05) is 12.3 Å². The Morgan fingerprint density at radius 3 is 3.20 bits per heavy atom. The van der Waals surface area contributed by atoms with Crippen LogP contribution in [0.2, 0.25) is 0 Å². The summed E-state index contributed by atoms with van der Waals surface area (Å²) >= 11 is 1.81. The molecular formula is C7H13N2S. The molecule has 2 nitrogen and oxygen atoms in total. The SMILES string of the molecule is [CH2]CCCSC1=NCCN1. The number of rotatable bonds is 3. The third-order valence-corrected chi connectivity index (χ3v) is 2.32. The van der Waals surface area contributed by atoms with E-state index in [1.807, 2.05) is 11.8 Å². The first-order chi connectivity index (χ1) is 4.93. The lowest BCUT2D eigenvalue weighted by Gasteiger charge is -1.98. The van der Waals surface area contributed by atoms with E-state index in [2.05, 4.69) is 17.2 Å². The van der Waals surface area contributed by atoms with Gasteiger partial charge in [-0.25, -0.2) is 0 Å². The lowest BCUT2D eigenvalue weighted by Crippen LogP contribution is -2.15. The van der Waals surface area contributed by atoms with Crippen molar-refractivity contribution in [1.82, 2.24) is 5.32 Å². The van der Waals surface area contributed by atoms with Crippen LogP contribution in [0.5, 0.6) is 0 Å². The normalized spacial score (nSPS) is 16.7. The maximum absolute atomic E-state index is 4.26. The van der Waals surface area contributed by atoms with Crippen LogP contribution >= 0.6 is 11.8 Å². The van der Waals surface area contributed by atoms with Crippen molar-refractivity contribution in [3.05, 3.63) is 6.92 Å². The third kappa shape index (κ3) is 2.60. The van der Waals surface area contributed by atoms with E-state index in [9.17, 15) is 0 Å². The molecule has 0 saturated carbocycles. The molecule has 0 unspecified atom stereocenters. The highest BCUT2D eigenvalue weighted by Crippen LogP contribution is 2.07. The molecule has 0 aromatic carbocycles. The van der Waals surface area contributed by atoms with Gasteiger partial charge in [0.15, 0.2) is 5.17 Å². The van der Waals surface area contributed by atoms with Gasteiger partial charge in [0.05, 0.1) is 6.54 Å². The van der Waals surface area contributed by atoms with Gasteiger partial charge >= 0.3 is 0 Å². The van der Waals surface area contributed by atoms with Crippen LogP contribution in [-0.2, 0) is 0 Å². The molecule has 1 rings (SSSR count). The minimum atomic E-state index is 0.951. The van der Waals surface area contributed by atoms with Gasteiger partial charge in [0.1, 0.15) is 0 Å². The fourth-order valence-electron chi connectivity index (χ4n) is 0.744. The number of nitrogens with one attached hydrogen (secondary N) is 1. The van der Waals surface area contributed by atoms with E-state index in [1.54, 1.807) is 0 Å². The van der Waals surface area contributed by atoms with Crippen molar-refractivity contribution in [3.8, 4) is 0 Å². The lowest BCUT2D eigenvalue weighted by atomic mass is 10.4. The van der Waals surface area contributed by atoms with Crippen molar-refractivity contribution in [2.24, 2.45) is 4.99 Å². The molecule has 0 bridgehead atoms. The summed E-state index contributed by atoms with van der Waals surface area (Å²) in [5, 5.41) is 4.33. The van der Waals surface area contributed by atoms with Gasteiger partial charge in [-0.1, -0.05) is 25.1 Å². The summed E-state index contributed by atoms with van der Waals surface area (Å²) in [7, 11) is 0. The van der Waals surface area contributed by atoms with Crippen LogP contribution < -0.4 is 5.32 Å².